The van der Waals surface area contributed by atoms with E-state index in [1.807, 2.05) is 93.9 Å². The second-order valence-corrected chi connectivity index (χ2v) is 23.3. The van der Waals surface area contributed by atoms with Gasteiger partial charge in [0.05, 0.1) is 42.0 Å². The van der Waals surface area contributed by atoms with Crippen LogP contribution in [-0.4, -0.2) is 108 Å². The molecule has 10 atom stereocenters. The molecule has 0 spiro atoms. The molecule has 5 N–H and O–H groups in total. The summed E-state index contributed by atoms with van der Waals surface area (Å²) in [5.74, 6) is 0.906. The van der Waals surface area contributed by atoms with Gasteiger partial charge in [-0.2, -0.15) is 0 Å². The van der Waals surface area contributed by atoms with Crippen molar-refractivity contribution in [3.63, 3.8) is 0 Å². The number of hydrogen-bond donors (Lipinski definition) is 5. The number of thiazole rings is 1. The first kappa shape index (κ1) is 52.2. The standard InChI is InChI=1S/C57H72N6O9S/c1-34-50(73-33-59-34)36-15-13-35(14-16-36)30-58-53(68)45-29-37(64)31-63(45)54(69)51(55(2,3)4)62-49(66)32-71-26-25-70-27-28-72-46-12-8-9-38-39(46)10-7-11-44(38)60-52(67)43-19-18-41-40-17-20-47-57(6,24-22-48(65)61-47)42(40)21-23-56(41,43)5/h7-16,22,24,33,37,40-43,45,47,51,64H,17-21,23,25-32H2,1-6H3,(H,58,68)(H,60,67)(H,61,65)(H,62,66)/t37-,40+,41+,42+,43-,45+,47-,51-,56+,57-/m1/s1. The molecule has 0 radical (unpaired) electrons. The van der Waals surface area contributed by atoms with Gasteiger partial charge in [-0.3, -0.25) is 24.0 Å². The second-order valence-electron chi connectivity index (χ2n) is 22.5. The molecule has 3 aromatic carbocycles. The van der Waals surface area contributed by atoms with Crippen LogP contribution < -0.4 is 26.0 Å². The number of amides is 5. The van der Waals surface area contributed by atoms with Gasteiger partial charge in [0.1, 0.15) is 31.0 Å². The minimum Gasteiger partial charge on any atom is -0.491 e. The zero-order chi connectivity index (χ0) is 51.7. The van der Waals surface area contributed by atoms with Crippen LogP contribution in [0.4, 0.5) is 5.69 Å². The third-order valence-corrected chi connectivity index (χ3v) is 17.9. The number of fused-ring (bicyclic) bond motifs is 6. The average molecular weight is 1020 g/mol. The highest BCUT2D eigenvalue weighted by Gasteiger charge is 2.61. The molecule has 1 aromatic heterocycles. The summed E-state index contributed by atoms with van der Waals surface area (Å²) in [7, 11) is 0. The second kappa shape index (κ2) is 21.7. The van der Waals surface area contributed by atoms with Crippen LogP contribution in [-0.2, 0) is 40.0 Å². The Morgan fingerprint density at radius 3 is 2.42 bits per heavy atom. The molecule has 3 heterocycles. The first-order valence-corrected chi connectivity index (χ1v) is 27.0. The minimum atomic E-state index is -0.979. The molecule has 16 heteroatoms. The zero-order valence-electron chi connectivity index (χ0n) is 43.0. The van der Waals surface area contributed by atoms with Crippen molar-refractivity contribution >= 4 is 57.3 Å². The Morgan fingerprint density at radius 1 is 0.904 bits per heavy atom. The Kier molecular flexibility index (Phi) is 15.5. The van der Waals surface area contributed by atoms with Crippen molar-refractivity contribution in [2.45, 2.75) is 117 Å². The van der Waals surface area contributed by atoms with Crippen LogP contribution in [0.3, 0.4) is 0 Å². The van der Waals surface area contributed by atoms with Gasteiger partial charge in [0, 0.05) is 53.3 Å². The van der Waals surface area contributed by atoms with Crippen molar-refractivity contribution in [3.05, 3.63) is 89.6 Å². The van der Waals surface area contributed by atoms with Crippen LogP contribution in [0.25, 0.3) is 21.2 Å². The first-order chi connectivity index (χ1) is 34.9. The molecule has 390 valence electrons. The summed E-state index contributed by atoms with van der Waals surface area (Å²) in [5, 5.41) is 24.7. The van der Waals surface area contributed by atoms with Crippen molar-refractivity contribution in [2.24, 2.45) is 39.9 Å². The number of anilines is 1. The highest BCUT2D eigenvalue weighted by Crippen LogP contribution is 2.65. The highest BCUT2D eigenvalue weighted by molar-refractivity contribution is 7.13. The lowest BCUT2D eigenvalue weighted by Crippen LogP contribution is -2.59. The molecule has 15 nitrogen and oxygen atoms in total. The van der Waals surface area contributed by atoms with Crippen LogP contribution in [0.5, 0.6) is 5.75 Å². The van der Waals surface area contributed by atoms with Gasteiger partial charge in [0.2, 0.25) is 29.5 Å². The van der Waals surface area contributed by atoms with Crippen molar-refractivity contribution in [2.75, 3.05) is 44.9 Å². The SMILES string of the molecule is Cc1ncsc1-c1ccc(CNC(=O)[C@@H]2C[C@@H](O)CN2C(=O)[C@@H](NC(=O)COCCOCCOc2cccc3c(NC(=O)[C@H]4CC[C@H]5[C@@H]6CC[C@H]7NC(=O)C=C[C@]7(C)[C@H]6CC[C@]45C)cccc23)C(C)(C)C)cc1. The van der Waals surface area contributed by atoms with E-state index in [0.717, 1.165) is 76.7 Å². The van der Waals surface area contributed by atoms with Crippen LogP contribution in [0.2, 0.25) is 0 Å². The Bertz CT molecular complexity index is 2720. The summed E-state index contributed by atoms with van der Waals surface area (Å²) in [6.45, 7) is 13.0. The maximum atomic E-state index is 14.3. The molecule has 1 saturated heterocycles. The summed E-state index contributed by atoms with van der Waals surface area (Å²) in [6, 6.07) is 17.9. The number of aliphatic hydroxyl groups excluding tert-OH is 1. The topological polar surface area (TPSA) is 198 Å². The number of rotatable bonds is 17. The number of likely N-dealkylation sites (tertiary alicyclic amines) is 1. The van der Waals surface area contributed by atoms with E-state index >= 15 is 0 Å². The Balaban J connectivity index is 0.706. The molecule has 0 unspecified atom stereocenters. The molecular formula is C57H72N6O9S. The van der Waals surface area contributed by atoms with E-state index in [1.54, 1.807) is 17.4 Å². The third kappa shape index (κ3) is 10.9. The lowest BCUT2D eigenvalue weighted by molar-refractivity contribution is -0.144. The number of aryl methyl sites for hydroxylation is 1. The zero-order valence-corrected chi connectivity index (χ0v) is 43.9. The summed E-state index contributed by atoms with van der Waals surface area (Å²) in [6.07, 6.45) is 9.17. The summed E-state index contributed by atoms with van der Waals surface area (Å²) < 4.78 is 17.6. The number of ether oxygens (including phenoxy) is 3. The van der Waals surface area contributed by atoms with E-state index < -0.39 is 35.4 Å². The van der Waals surface area contributed by atoms with Gasteiger partial charge in [0.15, 0.2) is 0 Å². The largest absolute Gasteiger partial charge is 0.491 e. The van der Waals surface area contributed by atoms with Gasteiger partial charge in [-0.1, -0.05) is 89.2 Å². The number of carbonyl (C=O) groups is 5. The van der Waals surface area contributed by atoms with Crippen LogP contribution in [0.1, 0.15) is 90.8 Å². The molecule has 73 heavy (non-hydrogen) atoms. The third-order valence-electron chi connectivity index (χ3n) is 16.9. The number of nitrogens with one attached hydrogen (secondary N) is 4. The lowest BCUT2D eigenvalue weighted by Gasteiger charge is -2.58. The van der Waals surface area contributed by atoms with Gasteiger partial charge >= 0.3 is 0 Å². The van der Waals surface area contributed by atoms with Gasteiger partial charge in [0.25, 0.3) is 0 Å². The quantitative estimate of drug-likeness (QED) is 0.0668. The van der Waals surface area contributed by atoms with Crippen molar-refractivity contribution in [3.8, 4) is 16.2 Å². The van der Waals surface area contributed by atoms with Crippen LogP contribution in [0.15, 0.2) is 78.3 Å². The van der Waals surface area contributed by atoms with Gasteiger partial charge in [-0.05, 0) is 103 Å². The molecule has 4 aromatic rings. The Morgan fingerprint density at radius 2 is 1.66 bits per heavy atom. The van der Waals surface area contributed by atoms with Crippen LogP contribution >= 0.6 is 11.3 Å². The van der Waals surface area contributed by atoms with Crippen molar-refractivity contribution in [1.82, 2.24) is 25.8 Å². The average Bonchev–Trinajstić information content (AvgIpc) is 4.09. The van der Waals surface area contributed by atoms with E-state index in [-0.39, 0.29) is 93.1 Å². The van der Waals surface area contributed by atoms with E-state index in [4.69, 9.17) is 14.2 Å². The monoisotopic (exact) mass is 1020 g/mol. The number of nitrogens with zero attached hydrogens (tertiary/aromatic N) is 2. The van der Waals surface area contributed by atoms with Crippen molar-refractivity contribution < 1.29 is 43.3 Å². The van der Waals surface area contributed by atoms with E-state index in [2.05, 4.69) is 46.2 Å². The van der Waals surface area contributed by atoms with E-state index in [1.165, 1.54) is 4.90 Å². The Hall–Kier alpha value is -5.68. The fourth-order valence-electron chi connectivity index (χ4n) is 13.1. The number of aliphatic hydroxyl groups is 1. The summed E-state index contributed by atoms with van der Waals surface area (Å²) >= 11 is 1.57. The normalized spacial score (nSPS) is 27.8. The molecule has 3 saturated carbocycles. The molecule has 5 amide bonds. The molecule has 5 aliphatic rings. The fourth-order valence-corrected chi connectivity index (χ4v) is 13.9. The van der Waals surface area contributed by atoms with E-state index in [0.29, 0.717) is 23.5 Å². The highest BCUT2D eigenvalue weighted by atomic mass is 32.1. The van der Waals surface area contributed by atoms with Gasteiger partial charge < -0.3 is 45.5 Å². The molecule has 9 rings (SSSR count). The molecular weight excluding hydrogens is 945 g/mol. The molecule has 3 aliphatic carbocycles. The number of β-amino-alcohol motifs (C(OH)–C–C–N with tert-alkyl or cyclic N) is 1. The van der Waals surface area contributed by atoms with Crippen LogP contribution in [0, 0.1) is 46.8 Å². The van der Waals surface area contributed by atoms with Crippen molar-refractivity contribution in [1.29, 1.82) is 0 Å². The maximum absolute atomic E-state index is 14.3. The number of benzene rings is 3. The predicted molar refractivity (Wildman–Crippen MR) is 280 cm³/mol. The van der Waals surface area contributed by atoms with Gasteiger partial charge in [-0.15, -0.1) is 11.3 Å². The minimum absolute atomic E-state index is 0.0162. The smallest absolute Gasteiger partial charge is 0.246 e. The first-order valence-electron chi connectivity index (χ1n) is 26.1. The number of carbonyl (C=O) groups excluding carboxylic acids is 5. The maximum Gasteiger partial charge on any atom is 0.246 e. The lowest BCUT2D eigenvalue weighted by atomic mass is 9.48. The number of aromatic nitrogens is 1. The summed E-state index contributed by atoms with van der Waals surface area (Å²) in [4.78, 5) is 73.9. The van der Waals surface area contributed by atoms with Gasteiger partial charge in [-0.25, -0.2) is 4.98 Å². The van der Waals surface area contributed by atoms with E-state index in [9.17, 15) is 29.1 Å². The molecule has 0 bridgehead atoms. The molecule has 2 aliphatic heterocycles. The predicted octanol–water partition coefficient (Wildman–Crippen LogP) is 7.34. The Labute approximate surface area is 432 Å². The summed E-state index contributed by atoms with van der Waals surface area (Å²) in [5.41, 5.74) is 4.65. The number of hydrogen-bond acceptors (Lipinski definition) is 11. The molecule has 4 fully saturated rings. The fraction of sp³-hybridized carbons (Fsp3) is 0.544.